The second-order valence-electron chi connectivity index (χ2n) is 6.95. The molecule has 0 N–H and O–H groups in total. The van der Waals surface area contributed by atoms with E-state index >= 15 is 0 Å². The van der Waals surface area contributed by atoms with Gasteiger partial charge < -0.3 is 14.2 Å². The van der Waals surface area contributed by atoms with Gasteiger partial charge in [0, 0.05) is 32.4 Å². The Labute approximate surface area is 158 Å². The molecule has 1 unspecified atom stereocenters. The lowest BCUT2D eigenvalue weighted by molar-refractivity contribution is 0.121. The van der Waals surface area contributed by atoms with Crippen molar-refractivity contribution in [2.24, 2.45) is 7.05 Å². The summed E-state index contributed by atoms with van der Waals surface area (Å²) >= 11 is 0. The predicted octanol–water partition coefficient (Wildman–Crippen LogP) is 1.77. The number of carbonyl (C=O) groups excluding carboxylic acids is 1. The van der Waals surface area contributed by atoms with E-state index < -0.39 is 10.0 Å². The Morgan fingerprint density at radius 2 is 1.85 bits per heavy atom. The first-order valence-electron chi connectivity index (χ1n) is 8.95. The van der Waals surface area contributed by atoms with E-state index in [9.17, 15) is 13.2 Å². The lowest BCUT2D eigenvalue weighted by Gasteiger charge is -2.34. The van der Waals surface area contributed by atoms with Crippen LogP contribution in [0.1, 0.15) is 24.5 Å². The number of cyclic esters (lactones) is 1. The normalized spacial score (nSPS) is 22.2. The number of aromatic nitrogens is 2. The Morgan fingerprint density at radius 3 is 2.48 bits per heavy atom. The molecule has 8 nitrogen and oxygen atoms in total. The van der Waals surface area contributed by atoms with Gasteiger partial charge in [0.25, 0.3) is 10.0 Å². The summed E-state index contributed by atoms with van der Waals surface area (Å²) < 4.78 is 33.9. The number of sulfonamides is 1. The second kappa shape index (κ2) is 6.97. The first kappa shape index (κ1) is 18.0. The highest BCUT2D eigenvalue weighted by atomic mass is 32.2. The minimum atomic E-state index is -3.59. The van der Waals surface area contributed by atoms with Crippen LogP contribution in [0.3, 0.4) is 0 Å². The smallest absolute Gasteiger partial charge is 0.410 e. The standard InChI is InChI=1S/C18H22N4O4S/c1-20-12-17(19-13-20)27(24,25)21-9-7-15(8-10-21)22-11-16(26-18(22)23)14-5-3-2-4-6-14/h2-6,12-13,15-16H,7-11H2,1H3. The Kier molecular flexibility index (Phi) is 4.65. The van der Waals surface area contributed by atoms with Crippen LogP contribution in [-0.4, -0.2) is 58.9 Å². The number of nitrogens with zero attached hydrogens (tertiary/aromatic N) is 4. The number of hydrogen-bond acceptors (Lipinski definition) is 5. The van der Waals surface area contributed by atoms with E-state index in [0.29, 0.717) is 32.5 Å². The summed E-state index contributed by atoms with van der Waals surface area (Å²) in [5.74, 6) is 0. The van der Waals surface area contributed by atoms with Gasteiger partial charge in [-0.1, -0.05) is 30.3 Å². The van der Waals surface area contributed by atoms with Crippen molar-refractivity contribution >= 4 is 16.1 Å². The second-order valence-corrected chi connectivity index (χ2v) is 8.83. The summed E-state index contributed by atoms with van der Waals surface area (Å²) in [5.41, 5.74) is 0.975. The highest BCUT2D eigenvalue weighted by Gasteiger charge is 2.40. The van der Waals surface area contributed by atoms with Gasteiger partial charge in [-0.15, -0.1) is 0 Å². The largest absolute Gasteiger partial charge is 0.439 e. The van der Waals surface area contributed by atoms with Gasteiger partial charge in [0.15, 0.2) is 5.03 Å². The predicted molar refractivity (Wildman–Crippen MR) is 97.4 cm³/mol. The van der Waals surface area contributed by atoms with Crippen LogP contribution in [0.5, 0.6) is 0 Å². The van der Waals surface area contributed by atoms with E-state index in [0.717, 1.165) is 5.56 Å². The minimum absolute atomic E-state index is 0.0126. The number of rotatable bonds is 4. The molecule has 27 heavy (non-hydrogen) atoms. The molecule has 2 aromatic rings. The van der Waals surface area contributed by atoms with E-state index in [1.54, 1.807) is 16.5 Å². The molecule has 0 bridgehead atoms. The van der Waals surface area contributed by atoms with Crippen LogP contribution in [-0.2, 0) is 21.8 Å². The molecule has 0 spiro atoms. The maximum absolute atomic E-state index is 12.7. The molecule has 4 rings (SSSR count). The van der Waals surface area contributed by atoms with E-state index in [4.69, 9.17) is 4.74 Å². The lowest BCUT2D eigenvalue weighted by atomic mass is 10.0. The molecule has 2 saturated heterocycles. The van der Waals surface area contributed by atoms with Crippen molar-refractivity contribution in [1.82, 2.24) is 18.8 Å². The molecule has 9 heteroatoms. The molecule has 0 saturated carbocycles. The summed E-state index contributed by atoms with van der Waals surface area (Å²) in [4.78, 5) is 18.0. The SMILES string of the molecule is Cn1cnc(S(=O)(=O)N2CCC(N3CC(c4ccccc4)OC3=O)CC2)c1. The van der Waals surface area contributed by atoms with Crippen LogP contribution in [0.15, 0.2) is 47.9 Å². The van der Waals surface area contributed by atoms with E-state index in [1.807, 2.05) is 30.3 Å². The average Bonchev–Trinajstić information content (AvgIpc) is 3.29. The zero-order valence-corrected chi connectivity index (χ0v) is 15.9. The van der Waals surface area contributed by atoms with Crippen molar-refractivity contribution in [1.29, 1.82) is 0 Å². The molecule has 1 atom stereocenters. The van der Waals surface area contributed by atoms with Crippen LogP contribution in [0.25, 0.3) is 0 Å². The Hall–Kier alpha value is -2.39. The fourth-order valence-corrected chi connectivity index (χ4v) is 5.10. The molecule has 144 valence electrons. The number of ether oxygens (including phenoxy) is 1. The molecule has 1 aromatic carbocycles. The fourth-order valence-electron chi connectivity index (χ4n) is 3.67. The first-order chi connectivity index (χ1) is 12.9. The molecule has 2 aliphatic rings. The van der Waals surface area contributed by atoms with Gasteiger partial charge in [-0.05, 0) is 18.4 Å². The zero-order valence-electron chi connectivity index (χ0n) is 15.1. The number of hydrogen-bond donors (Lipinski definition) is 0. The van der Waals surface area contributed by atoms with Gasteiger partial charge in [-0.3, -0.25) is 0 Å². The van der Waals surface area contributed by atoms with Crippen molar-refractivity contribution in [2.75, 3.05) is 19.6 Å². The molecule has 2 aliphatic heterocycles. The summed E-state index contributed by atoms with van der Waals surface area (Å²) in [6, 6.07) is 9.66. The minimum Gasteiger partial charge on any atom is -0.439 e. The number of imidazole rings is 1. The molecule has 0 radical (unpaired) electrons. The van der Waals surface area contributed by atoms with Crippen LogP contribution in [0.4, 0.5) is 4.79 Å². The van der Waals surface area contributed by atoms with Crippen LogP contribution in [0, 0.1) is 0 Å². The lowest BCUT2D eigenvalue weighted by Crippen LogP contribution is -2.47. The maximum Gasteiger partial charge on any atom is 0.410 e. The molecule has 1 amide bonds. The van der Waals surface area contributed by atoms with E-state index in [1.165, 1.54) is 16.8 Å². The molecular weight excluding hydrogens is 368 g/mol. The van der Waals surface area contributed by atoms with Crippen molar-refractivity contribution in [3.63, 3.8) is 0 Å². The number of carbonyl (C=O) groups is 1. The summed E-state index contributed by atoms with van der Waals surface area (Å²) in [7, 11) is -1.85. The van der Waals surface area contributed by atoms with Gasteiger partial charge in [-0.25, -0.2) is 18.2 Å². The number of benzene rings is 1. The van der Waals surface area contributed by atoms with Crippen molar-refractivity contribution in [2.45, 2.75) is 30.0 Å². The van der Waals surface area contributed by atoms with Gasteiger partial charge in [0.1, 0.15) is 6.10 Å². The third kappa shape index (κ3) is 3.44. The molecule has 3 heterocycles. The highest BCUT2D eigenvalue weighted by molar-refractivity contribution is 7.89. The summed E-state index contributed by atoms with van der Waals surface area (Å²) in [6.45, 7) is 1.23. The quantitative estimate of drug-likeness (QED) is 0.794. The van der Waals surface area contributed by atoms with Gasteiger partial charge in [0.2, 0.25) is 0 Å². The van der Waals surface area contributed by atoms with Crippen LogP contribution in [0.2, 0.25) is 0 Å². The topological polar surface area (TPSA) is 84.7 Å². The monoisotopic (exact) mass is 390 g/mol. The van der Waals surface area contributed by atoms with Gasteiger partial charge in [0.05, 0.1) is 12.9 Å². The third-order valence-electron chi connectivity index (χ3n) is 5.16. The van der Waals surface area contributed by atoms with Crippen molar-refractivity contribution in [3.8, 4) is 0 Å². The van der Waals surface area contributed by atoms with Crippen LogP contribution < -0.4 is 0 Å². The Bertz CT molecular complexity index is 920. The highest BCUT2D eigenvalue weighted by Crippen LogP contribution is 2.31. The maximum atomic E-state index is 12.7. The van der Waals surface area contributed by atoms with Crippen molar-refractivity contribution in [3.05, 3.63) is 48.4 Å². The first-order valence-corrected chi connectivity index (χ1v) is 10.4. The Balaban J connectivity index is 1.40. The van der Waals surface area contributed by atoms with Crippen LogP contribution >= 0.6 is 0 Å². The van der Waals surface area contributed by atoms with E-state index in [-0.39, 0.29) is 23.3 Å². The number of amides is 1. The fraction of sp³-hybridized carbons (Fsp3) is 0.444. The zero-order chi connectivity index (χ0) is 19.0. The number of piperidine rings is 1. The van der Waals surface area contributed by atoms with Crippen molar-refractivity contribution < 1.29 is 17.9 Å². The molecule has 0 aliphatic carbocycles. The molecule has 1 aromatic heterocycles. The average molecular weight is 390 g/mol. The van der Waals surface area contributed by atoms with E-state index in [2.05, 4.69) is 4.98 Å². The molecular formula is C18H22N4O4S. The Morgan fingerprint density at radius 1 is 1.15 bits per heavy atom. The summed E-state index contributed by atoms with van der Waals surface area (Å²) in [5, 5.41) is 0.0631. The number of aryl methyl sites for hydroxylation is 1. The summed E-state index contributed by atoms with van der Waals surface area (Å²) in [6.07, 6.45) is 3.56. The molecule has 2 fully saturated rings. The van der Waals surface area contributed by atoms with Gasteiger partial charge in [-0.2, -0.15) is 4.31 Å². The third-order valence-corrected chi connectivity index (χ3v) is 6.95. The van der Waals surface area contributed by atoms with Gasteiger partial charge >= 0.3 is 6.09 Å².